The molecule has 0 spiro atoms. The summed E-state index contributed by atoms with van der Waals surface area (Å²) in [6.45, 7) is 0. The molecule has 0 saturated heterocycles. The largest absolute Gasteiger partial charge is 0.465 e. The molecule has 0 aromatic heterocycles. The molecule has 0 aliphatic carbocycles. The van der Waals surface area contributed by atoms with Crippen LogP contribution >= 0.6 is 0 Å². The molecule has 3 nitrogen and oxygen atoms in total. The molecule has 0 saturated carbocycles. The van der Waals surface area contributed by atoms with E-state index in [1.54, 1.807) is 0 Å². The zero-order valence-electron chi connectivity index (χ0n) is 10.5. The molecule has 0 atom stereocenters. The molecule has 0 fully saturated rings. The van der Waals surface area contributed by atoms with Gasteiger partial charge in [0.2, 0.25) is 0 Å². The lowest BCUT2D eigenvalue weighted by Crippen LogP contribution is -2.04. The van der Waals surface area contributed by atoms with Gasteiger partial charge in [-0.1, -0.05) is 48.5 Å². The fourth-order valence-electron chi connectivity index (χ4n) is 1.56. The monoisotopic (exact) mass is 251 g/mol. The number of ether oxygens (including phenoxy) is 1. The minimum atomic E-state index is -0.453. The van der Waals surface area contributed by atoms with Crippen molar-refractivity contribution in [2.45, 2.75) is 0 Å². The van der Waals surface area contributed by atoms with Crippen molar-refractivity contribution in [1.82, 2.24) is 0 Å². The summed E-state index contributed by atoms with van der Waals surface area (Å²) in [5.41, 5.74) is 1.78. The average molecular weight is 251 g/mol. The maximum atomic E-state index is 11.8. The first-order valence-corrected chi connectivity index (χ1v) is 5.84. The van der Waals surface area contributed by atoms with Crippen LogP contribution in [-0.2, 0) is 9.53 Å². The van der Waals surface area contributed by atoms with Crippen molar-refractivity contribution in [1.29, 1.82) is 0 Å². The minimum Gasteiger partial charge on any atom is -0.465 e. The zero-order valence-corrected chi connectivity index (χ0v) is 10.5. The molecule has 0 unspecified atom stereocenters. The number of benzene rings is 2. The molecule has 0 heterocycles. The van der Waals surface area contributed by atoms with E-state index in [2.05, 4.69) is 10.9 Å². The lowest BCUT2D eigenvalue weighted by molar-refractivity contribution is -0.133. The molecule has 94 valence electrons. The van der Waals surface area contributed by atoms with Gasteiger partial charge in [0.05, 0.1) is 12.8 Å². The highest BCUT2D eigenvalue weighted by molar-refractivity contribution is 6.26. The summed E-state index contributed by atoms with van der Waals surface area (Å²) in [7, 11) is 1.34. The molecule has 0 amide bonds. The standard InChI is InChI=1S/C16H13NO2/c1-19-16(18)15(13-8-4-2-5-9-13)12-17-14-10-6-3-7-11-14/h2-11H,1H3. The van der Waals surface area contributed by atoms with Gasteiger partial charge in [0.15, 0.2) is 0 Å². The number of carbonyl (C=O) groups is 1. The minimum absolute atomic E-state index is 0.312. The van der Waals surface area contributed by atoms with Crippen LogP contribution in [0.15, 0.2) is 65.7 Å². The molecule has 0 N–H and O–H groups in total. The molecule has 2 aromatic carbocycles. The van der Waals surface area contributed by atoms with Crippen molar-refractivity contribution in [3.05, 3.63) is 66.2 Å². The Labute approximate surface area is 111 Å². The summed E-state index contributed by atoms with van der Waals surface area (Å²) < 4.78 is 4.76. The number of hydrogen-bond donors (Lipinski definition) is 0. The predicted molar refractivity (Wildman–Crippen MR) is 75.4 cm³/mol. The van der Waals surface area contributed by atoms with Gasteiger partial charge in [0.1, 0.15) is 5.57 Å². The second-order valence-corrected chi connectivity index (χ2v) is 3.79. The van der Waals surface area contributed by atoms with E-state index in [1.807, 2.05) is 60.7 Å². The second-order valence-electron chi connectivity index (χ2n) is 3.79. The van der Waals surface area contributed by atoms with Gasteiger partial charge >= 0.3 is 5.97 Å². The van der Waals surface area contributed by atoms with Crippen molar-refractivity contribution < 1.29 is 9.53 Å². The molecule has 0 aliphatic heterocycles. The molecule has 0 aliphatic rings. The highest BCUT2D eigenvalue weighted by atomic mass is 16.5. The third-order valence-electron chi connectivity index (χ3n) is 2.50. The van der Waals surface area contributed by atoms with Gasteiger partial charge < -0.3 is 4.74 Å². The van der Waals surface area contributed by atoms with E-state index in [9.17, 15) is 4.79 Å². The smallest absolute Gasteiger partial charge is 0.348 e. The number of methoxy groups -OCH3 is 1. The molecule has 19 heavy (non-hydrogen) atoms. The lowest BCUT2D eigenvalue weighted by Gasteiger charge is -2.01. The van der Waals surface area contributed by atoms with Crippen molar-refractivity contribution >= 4 is 23.1 Å². The Balaban J connectivity index is 2.45. The van der Waals surface area contributed by atoms with Crippen molar-refractivity contribution in [3.63, 3.8) is 0 Å². The highest BCUT2D eigenvalue weighted by Crippen LogP contribution is 2.14. The number of carbonyl (C=O) groups excluding carboxylic acids is 1. The van der Waals surface area contributed by atoms with Crippen LogP contribution in [0.5, 0.6) is 0 Å². The molecular formula is C16H13NO2. The third kappa shape index (κ3) is 3.41. The van der Waals surface area contributed by atoms with Gasteiger partial charge in [-0.25, -0.2) is 9.79 Å². The van der Waals surface area contributed by atoms with E-state index < -0.39 is 5.97 Å². The lowest BCUT2D eigenvalue weighted by atomic mass is 10.1. The average Bonchev–Trinajstić information content (AvgIpc) is 2.49. The van der Waals surface area contributed by atoms with Gasteiger partial charge in [0.25, 0.3) is 0 Å². The Morgan fingerprint density at radius 2 is 1.58 bits per heavy atom. The summed E-state index contributed by atoms with van der Waals surface area (Å²) in [5.74, 6) is 2.32. The fraction of sp³-hybridized carbons (Fsp3) is 0.0625. The van der Waals surface area contributed by atoms with Crippen LogP contribution in [0, 0.1) is 0 Å². The normalized spacial score (nSPS) is 9.32. The van der Waals surface area contributed by atoms with Crippen LogP contribution in [0.3, 0.4) is 0 Å². The summed E-state index contributed by atoms with van der Waals surface area (Å²) in [5, 5.41) is 0. The quantitative estimate of drug-likeness (QED) is 0.477. The molecule has 0 bridgehead atoms. The van der Waals surface area contributed by atoms with Gasteiger partial charge in [-0.3, -0.25) is 0 Å². The van der Waals surface area contributed by atoms with Crippen LogP contribution in [0.2, 0.25) is 0 Å². The first-order chi connectivity index (χ1) is 9.31. The zero-order chi connectivity index (χ0) is 13.5. The van der Waals surface area contributed by atoms with Gasteiger partial charge in [0, 0.05) is 5.87 Å². The maximum absolute atomic E-state index is 11.8. The summed E-state index contributed by atoms with van der Waals surface area (Å²) in [6.07, 6.45) is 0. The summed E-state index contributed by atoms with van der Waals surface area (Å²) >= 11 is 0. The Hall–Kier alpha value is -2.64. The Kier molecular flexibility index (Phi) is 4.27. The third-order valence-corrected chi connectivity index (χ3v) is 2.50. The number of esters is 1. The number of rotatable bonds is 3. The number of para-hydroxylation sites is 1. The van der Waals surface area contributed by atoms with Gasteiger partial charge in [-0.2, -0.15) is 0 Å². The Bertz CT molecular complexity index is 612. The molecule has 2 rings (SSSR count). The summed E-state index contributed by atoms with van der Waals surface area (Å²) in [6, 6.07) is 18.6. The molecule has 2 aromatic rings. The first kappa shape index (κ1) is 12.8. The van der Waals surface area contributed by atoms with Crippen LogP contribution in [0.1, 0.15) is 5.56 Å². The maximum Gasteiger partial charge on any atom is 0.348 e. The molecule has 0 radical (unpaired) electrons. The number of aliphatic imine (C=N–C) groups is 1. The molecule has 3 heteroatoms. The van der Waals surface area contributed by atoms with Gasteiger partial charge in [-0.15, -0.1) is 0 Å². The topological polar surface area (TPSA) is 38.7 Å². The van der Waals surface area contributed by atoms with Crippen molar-refractivity contribution in [2.24, 2.45) is 4.99 Å². The van der Waals surface area contributed by atoms with Gasteiger partial charge in [-0.05, 0) is 17.7 Å². The van der Waals surface area contributed by atoms with Crippen LogP contribution in [0.25, 0.3) is 5.57 Å². The van der Waals surface area contributed by atoms with E-state index in [1.165, 1.54) is 7.11 Å². The van der Waals surface area contributed by atoms with E-state index >= 15 is 0 Å². The second kappa shape index (κ2) is 6.34. The summed E-state index contributed by atoms with van der Waals surface area (Å²) in [4.78, 5) is 15.9. The van der Waals surface area contributed by atoms with E-state index in [0.717, 1.165) is 11.3 Å². The number of nitrogens with zero attached hydrogens (tertiary/aromatic N) is 1. The van der Waals surface area contributed by atoms with E-state index in [0.29, 0.717) is 5.57 Å². The Morgan fingerprint density at radius 1 is 1.00 bits per heavy atom. The predicted octanol–water partition coefficient (Wildman–Crippen LogP) is 3.24. The first-order valence-electron chi connectivity index (χ1n) is 5.84. The van der Waals surface area contributed by atoms with Crippen LogP contribution in [-0.4, -0.2) is 18.9 Å². The Morgan fingerprint density at radius 3 is 2.16 bits per heavy atom. The van der Waals surface area contributed by atoms with Crippen LogP contribution < -0.4 is 0 Å². The SMILES string of the molecule is COC(=O)C(=C=Nc1ccccc1)c1ccccc1. The highest BCUT2D eigenvalue weighted by Gasteiger charge is 2.11. The van der Waals surface area contributed by atoms with Crippen molar-refractivity contribution in [2.75, 3.05) is 7.11 Å². The number of hydrogen-bond acceptors (Lipinski definition) is 3. The fourth-order valence-corrected chi connectivity index (χ4v) is 1.56. The van der Waals surface area contributed by atoms with Crippen LogP contribution in [0.4, 0.5) is 5.69 Å². The van der Waals surface area contributed by atoms with Crippen molar-refractivity contribution in [3.8, 4) is 0 Å². The van der Waals surface area contributed by atoms with E-state index in [4.69, 9.17) is 4.74 Å². The van der Waals surface area contributed by atoms with E-state index in [-0.39, 0.29) is 0 Å². The molecular weight excluding hydrogens is 238 g/mol.